The number of nitrogens with zero attached hydrogens (tertiary/aromatic N) is 5. The molecule has 0 aliphatic carbocycles. The van der Waals surface area contributed by atoms with Crippen molar-refractivity contribution in [2.45, 2.75) is 36.9 Å². The molecule has 3 heterocycles. The number of carbonyl (C=O) groups excluding carboxylic acids is 1. The van der Waals surface area contributed by atoms with E-state index < -0.39 is 43.0 Å². The number of nitrogens with two attached hydrogens (primary N) is 1. The second-order valence-corrected chi connectivity index (χ2v) is 8.35. The minimum atomic E-state index is -1.18. The van der Waals surface area contributed by atoms with Crippen LogP contribution in [0.4, 0.5) is 5.82 Å². The molecule has 0 unspecified atom stereocenters. The summed E-state index contributed by atoms with van der Waals surface area (Å²) in [7, 11) is 5.25. The zero-order valence-electron chi connectivity index (χ0n) is 19.2. The van der Waals surface area contributed by atoms with Gasteiger partial charge in [-0.3, -0.25) is 9.36 Å². The van der Waals surface area contributed by atoms with Gasteiger partial charge in [-0.1, -0.05) is 12.1 Å². The molecular formula is C22H29N7O5. The molecule has 1 amide bonds. The second-order valence-electron chi connectivity index (χ2n) is 8.35. The number of aliphatic hydroxyl groups excluding tert-OH is 2. The molecule has 2 aromatic heterocycles. The molecule has 5 N–H and O–H groups in total. The molecule has 4 rings (SSSR count). The lowest BCUT2D eigenvalue weighted by Gasteiger charge is -2.23. The maximum absolute atomic E-state index is 12.8. The van der Waals surface area contributed by atoms with Crippen LogP contribution in [0.25, 0.3) is 11.2 Å². The lowest BCUT2D eigenvalue weighted by Crippen LogP contribution is -2.53. The SMILES string of the molecule is COc1ccc(C[C@@H](N)C(=O)N[C@H]2[C@H](O)[C@@H](n3cnc4c(N(C)C)ncnc43)O[C@H]2CO)cc1. The summed E-state index contributed by atoms with van der Waals surface area (Å²) in [5, 5.41) is 23.6. The van der Waals surface area contributed by atoms with Gasteiger partial charge < -0.3 is 35.6 Å². The van der Waals surface area contributed by atoms with E-state index >= 15 is 0 Å². The summed E-state index contributed by atoms with van der Waals surface area (Å²) in [5.41, 5.74) is 7.98. The zero-order valence-corrected chi connectivity index (χ0v) is 19.2. The number of rotatable bonds is 8. The van der Waals surface area contributed by atoms with Crippen molar-refractivity contribution < 1.29 is 24.5 Å². The van der Waals surface area contributed by atoms with Gasteiger partial charge in [0.05, 0.1) is 32.1 Å². The minimum Gasteiger partial charge on any atom is -0.497 e. The predicted molar refractivity (Wildman–Crippen MR) is 123 cm³/mol. The maximum Gasteiger partial charge on any atom is 0.237 e. The van der Waals surface area contributed by atoms with Crippen LogP contribution >= 0.6 is 0 Å². The van der Waals surface area contributed by atoms with Gasteiger partial charge in [0.1, 0.15) is 24.3 Å². The maximum atomic E-state index is 12.8. The number of hydrogen-bond acceptors (Lipinski definition) is 10. The van der Waals surface area contributed by atoms with Gasteiger partial charge in [-0.2, -0.15) is 0 Å². The first-order valence-electron chi connectivity index (χ1n) is 10.8. The Balaban J connectivity index is 1.49. The number of fused-ring (bicyclic) bond motifs is 1. The van der Waals surface area contributed by atoms with Crippen LogP contribution in [0.3, 0.4) is 0 Å². The number of methoxy groups -OCH3 is 1. The van der Waals surface area contributed by atoms with Crippen molar-refractivity contribution in [3.05, 3.63) is 42.5 Å². The van der Waals surface area contributed by atoms with Crippen molar-refractivity contribution in [2.75, 3.05) is 32.7 Å². The van der Waals surface area contributed by atoms with Crippen LogP contribution < -0.4 is 20.7 Å². The highest BCUT2D eigenvalue weighted by molar-refractivity contribution is 5.83. The molecule has 0 radical (unpaired) electrons. The van der Waals surface area contributed by atoms with Gasteiger partial charge in [-0.15, -0.1) is 0 Å². The molecule has 3 aromatic rings. The summed E-state index contributed by atoms with van der Waals surface area (Å²) in [6.45, 7) is -0.406. The summed E-state index contributed by atoms with van der Waals surface area (Å²) in [6.07, 6.45) is 0.250. The Morgan fingerprint density at radius 1 is 1.29 bits per heavy atom. The van der Waals surface area contributed by atoms with E-state index in [0.29, 0.717) is 29.2 Å². The van der Waals surface area contributed by atoms with E-state index in [0.717, 1.165) is 5.56 Å². The molecule has 182 valence electrons. The van der Waals surface area contributed by atoms with E-state index in [2.05, 4.69) is 20.3 Å². The molecule has 1 saturated heterocycles. The van der Waals surface area contributed by atoms with Gasteiger partial charge in [-0.05, 0) is 24.1 Å². The van der Waals surface area contributed by atoms with E-state index in [9.17, 15) is 15.0 Å². The van der Waals surface area contributed by atoms with Gasteiger partial charge in [-0.25, -0.2) is 15.0 Å². The Morgan fingerprint density at radius 2 is 2.03 bits per heavy atom. The molecule has 0 saturated carbocycles. The zero-order chi connectivity index (χ0) is 24.4. The largest absolute Gasteiger partial charge is 0.497 e. The number of carbonyl (C=O) groups is 1. The molecule has 0 bridgehead atoms. The fraction of sp³-hybridized carbons (Fsp3) is 0.455. The van der Waals surface area contributed by atoms with Crippen LogP contribution in [0.5, 0.6) is 5.75 Å². The second kappa shape index (κ2) is 9.89. The molecule has 1 aliphatic heterocycles. The van der Waals surface area contributed by atoms with E-state index in [1.807, 2.05) is 26.2 Å². The van der Waals surface area contributed by atoms with Crippen LogP contribution in [0.15, 0.2) is 36.9 Å². The first-order valence-corrected chi connectivity index (χ1v) is 10.8. The van der Waals surface area contributed by atoms with Crippen molar-refractivity contribution in [3.8, 4) is 5.75 Å². The predicted octanol–water partition coefficient (Wildman–Crippen LogP) is -0.794. The number of anilines is 1. The van der Waals surface area contributed by atoms with E-state index in [1.54, 1.807) is 28.7 Å². The van der Waals surface area contributed by atoms with Crippen LogP contribution in [-0.2, 0) is 16.0 Å². The highest BCUT2D eigenvalue weighted by atomic mass is 16.5. The topological polar surface area (TPSA) is 161 Å². The lowest BCUT2D eigenvalue weighted by molar-refractivity contribution is -0.124. The fourth-order valence-corrected chi connectivity index (χ4v) is 4.04. The normalized spacial score (nSPS) is 23.1. The van der Waals surface area contributed by atoms with Crippen molar-refractivity contribution in [2.24, 2.45) is 5.73 Å². The van der Waals surface area contributed by atoms with Crippen LogP contribution in [-0.4, -0.2) is 87.7 Å². The van der Waals surface area contributed by atoms with Crippen molar-refractivity contribution >= 4 is 22.9 Å². The van der Waals surface area contributed by atoms with Gasteiger partial charge in [0.2, 0.25) is 5.91 Å². The van der Waals surface area contributed by atoms with E-state index in [1.165, 1.54) is 12.7 Å². The molecule has 1 fully saturated rings. The molecule has 0 spiro atoms. The number of imidazole rings is 1. The number of aliphatic hydroxyl groups is 2. The standard InChI is InChI=1S/C22H29N7O5/c1-28(2)19-17-20(25-10-24-19)29(11-26-17)22-18(31)16(15(9-30)34-22)27-21(32)14(23)8-12-4-6-13(33-3)7-5-12/h4-7,10-11,14-16,18,22,30-31H,8-9,23H2,1-3H3,(H,27,32)/t14-,15+,16-,18+,22+/m1/s1. The Morgan fingerprint density at radius 3 is 2.68 bits per heavy atom. The Labute approximate surface area is 196 Å². The quantitative estimate of drug-likeness (QED) is 0.328. The Kier molecular flexibility index (Phi) is 6.93. The number of benzene rings is 1. The molecule has 5 atom stereocenters. The van der Waals surface area contributed by atoms with Crippen LogP contribution in [0, 0.1) is 0 Å². The molecular weight excluding hydrogens is 442 g/mol. The van der Waals surface area contributed by atoms with E-state index in [4.69, 9.17) is 15.2 Å². The third-order valence-electron chi connectivity index (χ3n) is 5.85. The van der Waals surface area contributed by atoms with Crippen LogP contribution in [0.1, 0.15) is 11.8 Å². The first-order chi connectivity index (χ1) is 16.3. The number of ether oxygens (including phenoxy) is 2. The minimum absolute atomic E-state index is 0.295. The molecule has 12 heteroatoms. The van der Waals surface area contributed by atoms with Gasteiger partial charge >= 0.3 is 0 Å². The summed E-state index contributed by atoms with van der Waals surface area (Å²) >= 11 is 0. The lowest BCUT2D eigenvalue weighted by atomic mass is 10.0. The van der Waals surface area contributed by atoms with Crippen LogP contribution in [0.2, 0.25) is 0 Å². The summed E-state index contributed by atoms with van der Waals surface area (Å²) in [6, 6.07) is 5.52. The van der Waals surface area contributed by atoms with Gasteiger partial charge in [0.25, 0.3) is 0 Å². The molecule has 1 aromatic carbocycles. The average molecular weight is 472 g/mol. The third-order valence-corrected chi connectivity index (χ3v) is 5.85. The molecule has 12 nitrogen and oxygen atoms in total. The van der Waals surface area contributed by atoms with E-state index in [-0.39, 0.29) is 0 Å². The number of hydrogen-bond donors (Lipinski definition) is 4. The number of aromatic nitrogens is 4. The molecule has 1 aliphatic rings. The summed E-state index contributed by atoms with van der Waals surface area (Å²) < 4.78 is 12.6. The van der Waals surface area contributed by atoms with Crippen molar-refractivity contribution in [3.63, 3.8) is 0 Å². The summed E-state index contributed by atoms with van der Waals surface area (Å²) in [4.78, 5) is 27.5. The number of amides is 1. The first kappa shape index (κ1) is 23.8. The Hall–Kier alpha value is -3.32. The van der Waals surface area contributed by atoms with Gasteiger partial charge in [0, 0.05) is 14.1 Å². The average Bonchev–Trinajstić information content (AvgIpc) is 3.40. The third kappa shape index (κ3) is 4.53. The summed E-state index contributed by atoms with van der Waals surface area (Å²) in [5.74, 6) is 0.861. The Bertz CT molecular complexity index is 1140. The monoisotopic (exact) mass is 471 g/mol. The fourth-order valence-electron chi connectivity index (χ4n) is 4.04. The van der Waals surface area contributed by atoms with Crippen molar-refractivity contribution in [1.82, 2.24) is 24.8 Å². The highest BCUT2D eigenvalue weighted by Gasteiger charge is 2.46. The number of nitrogens with one attached hydrogen (secondary N) is 1. The van der Waals surface area contributed by atoms with Gasteiger partial charge in [0.15, 0.2) is 23.2 Å². The molecule has 34 heavy (non-hydrogen) atoms. The smallest absolute Gasteiger partial charge is 0.237 e. The highest BCUT2D eigenvalue weighted by Crippen LogP contribution is 2.32. The van der Waals surface area contributed by atoms with Crippen molar-refractivity contribution in [1.29, 1.82) is 0 Å².